The maximum Gasteiger partial charge on any atom is 0.253 e. The summed E-state index contributed by atoms with van der Waals surface area (Å²) in [4.78, 5) is 64.7. The average Bonchev–Trinajstić information content (AvgIpc) is 3.77. The molecule has 0 spiro atoms. The van der Waals surface area contributed by atoms with Crippen LogP contribution < -0.4 is 16.2 Å². The molecule has 3 aliphatic heterocycles. The second-order valence-electron chi connectivity index (χ2n) is 14.7. The predicted octanol–water partition coefficient (Wildman–Crippen LogP) is 3.59. The molecule has 0 unspecified atom stereocenters. The molecular weight excluding hydrogens is 756 g/mol. The fourth-order valence-electron chi connectivity index (χ4n) is 7.13. The number of aromatic hydroxyl groups is 2. The number of carboxylic acid groups (broad SMARTS) is 1. The number of aliphatic carboxylic acids is 1. The summed E-state index contributed by atoms with van der Waals surface area (Å²) in [5, 5.41) is 40.9. The molecule has 0 aliphatic carbocycles. The predicted molar refractivity (Wildman–Crippen MR) is 203 cm³/mol. The Morgan fingerprint density at radius 1 is 1.17 bits per heavy atom. The van der Waals surface area contributed by atoms with E-state index in [9.17, 15) is 34.5 Å². The number of nitrogen functional groups attached to an aromatic ring is 1. The van der Waals surface area contributed by atoms with Gasteiger partial charge in [0.25, 0.3) is 5.91 Å². The number of Topliss-reactive ketones (excluding diaryl/α,β-unsaturated/α-hetero) is 1. The molecular formula is C37H41ClN6O8S2. The van der Waals surface area contributed by atoms with Crippen molar-refractivity contribution in [3.63, 3.8) is 0 Å². The van der Waals surface area contributed by atoms with Crippen LogP contribution in [-0.4, -0.2) is 96.8 Å². The minimum Gasteiger partial charge on any atom is -0.543 e. The highest BCUT2D eigenvalue weighted by Gasteiger charge is 2.54. The number of nitrogens with zero attached hydrogens (tertiary/aromatic N) is 4. The summed E-state index contributed by atoms with van der Waals surface area (Å²) in [5.41, 5.74) is 6.44. The van der Waals surface area contributed by atoms with E-state index in [1.807, 2.05) is 30.3 Å². The van der Waals surface area contributed by atoms with Crippen LogP contribution in [0.3, 0.4) is 0 Å². The molecule has 17 heteroatoms. The molecule has 3 aromatic rings. The summed E-state index contributed by atoms with van der Waals surface area (Å²) in [6, 6.07) is 11.3. The Morgan fingerprint density at radius 3 is 2.50 bits per heavy atom. The number of nitrogens with one attached hydrogen (secondary N) is 1. The lowest BCUT2D eigenvalue weighted by atomic mass is 9.89. The van der Waals surface area contributed by atoms with Crippen molar-refractivity contribution in [3.8, 4) is 11.5 Å². The number of fused-ring (bicyclic) bond motifs is 1. The van der Waals surface area contributed by atoms with Gasteiger partial charge in [0, 0.05) is 36.0 Å². The van der Waals surface area contributed by atoms with Gasteiger partial charge in [-0.3, -0.25) is 19.3 Å². The first kappa shape index (κ1) is 39.1. The molecule has 3 aliphatic rings. The van der Waals surface area contributed by atoms with Crippen LogP contribution in [0, 0.1) is 5.92 Å². The van der Waals surface area contributed by atoms with Crippen molar-refractivity contribution in [1.82, 2.24) is 15.2 Å². The maximum atomic E-state index is 13.7. The van der Waals surface area contributed by atoms with Crippen LogP contribution >= 0.6 is 34.7 Å². The maximum absolute atomic E-state index is 13.7. The minimum absolute atomic E-state index is 0.0160. The van der Waals surface area contributed by atoms with Crippen molar-refractivity contribution in [1.29, 1.82) is 0 Å². The number of β-lactam (4-membered cyclic amide) rings is 1. The molecule has 0 radical (unpaired) electrons. The zero-order valence-electron chi connectivity index (χ0n) is 29.9. The number of rotatable bonds is 13. The molecule has 4 heterocycles. The highest BCUT2D eigenvalue weighted by Crippen LogP contribution is 2.46. The van der Waals surface area contributed by atoms with E-state index in [2.05, 4.69) is 15.5 Å². The number of carboxylic acids is 1. The number of phenolic OH excluding ortho intramolecular Hbond substituents is 2. The number of aromatic nitrogens is 1. The molecule has 2 saturated heterocycles. The van der Waals surface area contributed by atoms with Gasteiger partial charge in [0.1, 0.15) is 30.4 Å². The Morgan fingerprint density at radius 2 is 1.87 bits per heavy atom. The Bertz CT molecular complexity index is 2030. The standard InChI is InChI=1S/C37H41ClN6O8S2/c1-37(2,3)52-42-29(25-19-54-36(39)41-25)27(46)15-23-33(49)43-30(35(50)51)21(18-53-34(23)43)16-44(13-7-8-14-44)17-24(20-9-5-4-6-10-20)40-32(48)22-11-12-26(45)31(47)28(22)38/h4-6,9-12,19,23-24,34H,7-8,13-18H2,1-3H3,(H5-,39,40,41,42,45,46,47,48,50,51)/t23-,24-,34-/m1/s1. The number of thiazole rings is 1. The van der Waals surface area contributed by atoms with Gasteiger partial charge in [0.15, 0.2) is 28.1 Å². The summed E-state index contributed by atoms with van der Waals surface area (Å²) in [6.45, 7) is 7.41. The van der Waals surface area contributed by atoms with Gasteiger partial charge in [-0.05, 0) is 38.5 Å². The third-order valence-electron chi connectivity index (χ3n) is 9.65. The van der Waals surface area contributed by atoms with Gasteiger partial charge in [-0.15, -0.1) is 23.1 Å². The highest BCUT2D eigenvalue weighted by molar-refractivity contribution is 8.00. The van der Waals surface area contributed by atoms with Crippen molar-refractivity contribution < 1.29 is 43.8 Å². The van der Waals surface area contributed by atoms with Gasteiger partial charge in [0.05, 0.1) is 46.6 Å². The summed E-state index contributed by atoms with van der Waals surface area (Å²) in [7, 11) is 0. The SMILES string of the molecule is CC(C)(C)O/N=C(/C(=O)C[C@@H]1C(=O)N2C(C(=O)[O-])=C(C[N+]3(C[C@@H](NC(=O)c4ccc(O)c(O)c4Cl)c4ccccc4)CCCC3)CS[C@H]12)c1csc(N)n1. The van der Waals surface area contributed by atoms with E-state index in [0.717, 1.165) is 29.7 Å². The molecule has 0 bridgehead atoms. The molecule has 0 saturated carbocycles. The number of thioether (sulfide) groups is 1. The van der Waals surface area contributed by atoms with Gasteiger partial charge in [-0.1, -0.05) is 47.1 Å². The lowest BCUT2D eigenvalue weighted by molar-refractivity contribution is -0.913. The molecule has 54 heavy (non-hydrogen) atoms. The second kappa shape index (κ2) is 15.6. The Balaban J connectivity index is 1.24. The first-order valence-electron chi connectivity index (χ1n) is 17.4. The van der Waals surface area contributed by atoms with Crippen LogP contribution in [0.2, 0.25) is 5.02 Å². The van der Waals surface area contributed by atoms with Crippen molar-refractivity contribution in [2.24, 2.45) is 11.1 Å². The molecule has 3 atom stereocenters. The van der Waals surface area contributed by atoms with E-state index in [1.165, 1.54) is 28.8 Å². The largest absolute Gasteiger partial charge is 0.543 e. The third-order valence-corrected chi connectivity index (χ3v) is 12.1. The molecule has 5 N–H and O–H groups in total. The highest BCUT2D eigenvalue weighted by atomic mass is 35.5. The Kier molecular flexibility index (Phi) is 11.3. The number of carbonyl (C=O) groups excluding carboxylic acids is 4. The number of hydrogen-bond donors (Lipinski definition) is 4. The average molecular weight is 797 g/mol. The summed E-state index contributed by atoms with van der Waals surface area (Å²) in [5.74, 6) is -4.56. The summed E-state index contributed by atoms with van der Waals surface area (Å²) in [6.07, 6.45) is 1.52. The van der Waals surface area contributed by atoms with E-state index in [0.29, 0.717) is 42.0 Å². The molecule has 2 aromatic carbocycles. The number of ketones is 1. The van der Waals surface area contributed by atoms with Crippen molar-refractivity contribution >= 4 is 69.1 Å². The number of benzene rings is 2. The molecule has 1 aromatic heterocycles. The van der Waals surface area contributed by atoms with Crippen molar-refractivity contribution in [2.75, 3.05) is 37.7 Å². The molecule has 2 fully saturated rings. The van der Waals surface area contributed by atoms with Crippen LogP contribution in [0.15, 0.2) is 64.3 Å². The smallest absolute Gasteiger partial charge is 0.253 e. The number of hydrogen-bond acceptors (Lipinski definition) is 13. The zero-order valence-corrected chi connectivity index (χ0v) is 32.3. The summed E-state index contributed by atoms with van der Waals surface area (Å²) < 4.78 is 0.431. The third kappa shape index (κ3) is 8.21. The Labute approximate surface area is 325 Å². The molecule has 2 amide bonds. The fourth-order valence-corrected chi connectivity index (χ4v) is 9.33. The van der Waals surface area contributed by atoms with Crippen LogP contribution in [0.4, 0.5) is 5.13 Å². The van der Waals surface area contributed by atoms with Gasteiger partial charge in [0.2, 0.25) is 5.91 Å². The number of carbonyl (C=O) groups is 4. The number of anilines is 1. The van der Waals surface area contributed by atoms with E-state index in [-0.39, 0.29) is 39.2 Å². The lowest BCUT2D eigenvalue weighted by Gasteiger charge is -2.51. The van der Waals surface area contributed by atoms with Gasteiger partial charge in [-0.2, -0.15) is 0 Å². The monoisotopic (exact) mass is 796 g/mol. The van der Waals surface area contributed by atoms with Crippen LogP contribution in [0.1, 0.15) is 67.7 Å². The number of halogens is 1. The number of nitrogens with two attached hydrogens (primary N) is 1. The van der Waals surface area contributed by atoms with E-state index in [1.54, 1.807) is 26.2 Å². The number of quaternary nitrogens is 1. The first-order valence-corrected chi connectivity index (χ1v) is 19.7. The minimum atomic E-state index is -1.47. The van der Waals surface area contributed by atoms with Gasteiger partial charge in [-0.25, -0.2) is 4.98 Å². The van der Waals surface area contributed by atoms with E-state index < -0.39 is 58.0 Å². The normalized spacial score (nSPS) is 20.3. The topological polar surface area (TPSA) is 208 Å². The number of likely N-dealkylation sites (tertiary alicyclic amines) is 1. The first-order chi connectivity index (χ1) is 25.6. The van der Waals surface area contributed by atoms with E-state index >= 15 is 0 Å². The number of amides is 2. The summed E-state index contributed by atoms with van der Waals surface area (Å²) >= 11 is 8.77. The zero-order chi connectivity index (χ0) is 38.9. The molecule has 286 valence electrons. The second-order valence-corrected chi connectivity index (χ2v) is 17.0. The molecule has 6 rings (SSSR count). The van der Waals surface area contributed by atoms with Crippen LogP contribution in [-0.2, 0) is 19.2 Å². The Hall–Kier alpha value is -4.64. The van der Waals surface area contributed by atoms with E-state index in [4.69, 9.17) is 22.2 Å². The fraction of sp³-hybridized carbons (Fsp3) is 0.405. The number of phenols is 2. The van der Waals surface area contributed by atoms with Crippen molar-refractivity contribution in [2.45, 2.75) is 57.1 Å². The van der Waals surface area contributed by atoms with Crippen LogP contribution in [0.5, 0.6) is 11.5 Å². The van der Waals surface area contributed by atoms with Crippen LogP contribution in [0.25, 0.3) is 0 Å². The van der Waals surface area contributed by atoms with Gasteiger partial charge < -0.3 is 40.5 Å². The molecule has 14 nitrogen and oxygen atoms in total. The van der Waals surface area contributed by atoms with Gasteiger partial charge >= 0.3 is 0 Å². The quantitative estimate of drug-likeness (QED) is 0.0647. The van der Waals surface area contributed by atoms with Crippen molar-refractivity contribution in [3.05, 3.63) is 81.0 Å². The number of oxime groups is 1. The lowest BCUT2D eigenvalue weighted by Crippen LogP contribution is -2.64.